The molecule has 5 nitrogen and oxygen atoms in total. The highest BCUT2D eigenvalue weighted by atomic mass is 32.2. The summed E-state index contributed by atoms with van der Waals surface area (Å²) in [5.41, 5.74) is 0.833. The molecule has 2 aliphatic heterocycles. The van der Waals surface area contributed by atoms with Crippen molar-refractivity contribution in [1.29, 1.82) is 0 Å². The van der Waals surface area contributed by atoms with Gasteiger partial charge in [-0.05, 0) is 30.7 Å². The largest absolute Gasteiger partial charge is 0.343 e. The van der Waals surface area contributed by atoms with Gasteiger partial charge < -0.3 is 4.90 Å². The van der Waals surface area contributed by atoms with Crippen molar-refractivity contribution in [3.8, 4) is 0 Å². The first-order valence-corrected chi connectivity index (χ1v) is 10.4. The summed E-state index contributed by atoms with van der Waals surface area (Å²) in [6.45, 7) is 3.56. The molecule has 0 radical (unpaired) electrons. The number of carbonyl (C=O) groups excluding carboxylic acids is 1. The van der Waals surface area contributed by atoms with E-state index in [1.54, 1.807) is 11.2 Å². The van der Waals surface area contributed by atoms with Crippen molar-refractivity contribution in [2.75, 3.05) is 19.6 Å². The fourth-order valence-electron chi connectivity index (χ4n) is 4.02. The molecular weight excluding hydrogens is 324 g/mol. The standard InChI is InChI=1S/C18H26N2O3S/c1-15(21)19-12-10-18-17(13-19)9-5-6-11-20(18)24(22,23)14-16-7-3-2-4-8-16/h2-4,7-8,17-18H,5-6,9-14H2,1H3/t17-,18+/m0/s1. The highest BCUT2D eigenvalue weighted by molar-refractivity contribution is 7.88. The van der Waals surface area contributed by atoms with Crippen molar-refractivity contribution in [3.63, 3.8) is 0 Å². The molecule has 0 unspecified atom stereocenters. The normalized spacial score (nSPS) is 25.8. The second-order valence-corrected chi connectivity index (χ2v) is 8.85. The number of nitrogens with zero attached hydrogens (tertiary/aromatic N) is 2. The van der Waals surface area contributed by atoms with Gasteiger partial charge in [-0.2, -0.15) is 4.31 Å². The second-order valence-electron chi connectivity index (χ2n) is 6.93. The number of fused-ring (bicyclic) bond motifs is 1. The molecular formula is C18H26N2O3S. The van der Waals surface area contributed by atoms with E-state index in [1.165, 1.54) is 0 Å². The molecule has 132 valence electrons. The summed E-state index contributed by atoms with van der Waals surface area (Å²) in [6, 6.07) is 9.42. The molecule has 1 aromatic rings. The van der Waals surface area contributed by atoms with E-state index < -0.39 is 10.0 Å². The summed E-state index contributed by atoms with van der Waals surface area (Å²) in [5.74, 6) is 0.417. The summed E-state index contributed by atoms with van der Waals surface area (Å²) < 4.78 is 27.8. The molecule has 0 bridgehead atoms. The van der Waals surface area contributed by atoms with Crippen LogP contribution in [0.2, 0.25) is 0 Å². The third-order valence-electron chi connectivity index (χ3n) is 5.26. The number of hydrogen-bond donors (Lipinski definition) is 0. The SMILES string of the molecule is CC(=O)N1CC[C@@H]2[C@@H](CCCCN2S(=O)(=O)Cc2ccccc2)C1. The smallest absolute Gasteiger partial charge is 0.219 e. The Kier molecular flexibility index (Phi) is 5.25. The van der Waals surface area contributed by atoms with E-state index >= 15 is 0 Å². The molecule has 2 saturated heterocycles. The van der Waals surface area contributed by atoms with Crippen LogP contribution in [0.5, 0.6) is 0 Å². The van der Waals surface area contributed by atoms with Gasteiger partial charge in [0.25, 0.3) is 0 Å². The van der Waals surface area contributed by atoms with Crippen molar-refractivity contribution in [3.05, 3.63) is 35.9 Å². The van der Waals surface area contributed by atoms with Crippen molar-refractivity contribution in [2.45, 2.75) is 44.4 Å². The predicted octanol–water partition coefficient (Wildman–Crippen LogP) is 2.24. The lowest BCUT2D eigenvalue weighted by atomic mass is 9.89. The Morgan fingerprint density at radius 1 is 1.12 bits per heavy atom. The molecule has 0 N–H and O–H groups in total. The number of rotatable bonds is 3. The fourth-order valence-corrected chi connectivity index (χ4v) is 5.90. The minimum atomic E-state index is -3.34. The maximum Gasteiger partial charge on any atom is 0.219 e. The van der Waals surface area contributed by atoms with Crippen LogP contribution in [0.1, 0.15) is 38.2 Å². The first-order valence-electron chi connectivity index (χ1n) is 8.76. The zero-order chi connectivity index (χ0) is 17.2. The van der Waals surface area contributed by atoms with Crippen molar-refractivity contribution in [1.82, 2.24) is 9.21 Å². The number of likely N-dealkylation sites (tertiary alicyclic amines) is 1. The van der Waals surface area contributed by atoms with E-state index in [0.717, 1.165) is 31.2 Å². The second kappa shape index (κ2) is 7.23. The van der Waals surface area contributed by atoms with Crippen LogP contribution in [0.15, 0.2) is 30.3 Å². The zero-order valence-corrected chi connectivity index (χ0v) is 15.0. The Balaban J connectivity index is 1.79. The summed E-state index contributed by atoms with van der Waals surface area (Å²) in [5, 5.41) is 0. The minimum absolute atomic E-state index is 0.0387. The molecule has 6 heteroatoms. The summed E-state index contributed by atoms with van der Waals surface area (Å²) in [6.07, 6.45) is 3.69. The number of piperidine rings is 1. The van der Waals surface area contributed by atoms with Gasteiger partial charge in [0, 0.05) is 32.6 Å². The summed E-state index contributed by atoms with van der Waals surface area (Å²) in [7, 11) is -3.34. The maximum atomic E-state index is 13.0. The van der Waals surface area contributed by atoms with Gasteiger partial charge in [-0.15, -0.1) is 0 Å². The highest BCUT2D eigenvalue weighted by Crippen LogP contribution is 2.32. The zero-order valence-electron chi connectivity index (χ0n) is 14.2. The monoisotopic (exact) mass is 350 g/mol. The highest BCUT2D eigenvalue weighted by Gasteiger charge is 2.40. The third kappa shape index (κ3) is 3.81. The van der Waals surface area contributed by atoms with Crippen LogP contribution in [0.25, 0.3) is 0 Å². The maximum absolute atomic E-state index is 13.0. The van der Waals surface area contributed by atoms with Crippen LogP contribution in [0.3, 0.4) is 0 Å². The molecule has 2 fully saturated rings. The third-order valence-corrected chi connectivity index (χ3v) is 7.13. The molecule has 3 rings (SSSR count). The molecule has 0 aromatic heterocycles. The van der Waals surface area contributed by atoms with Crippen LogP contribution in [-0.2, 0) is 20.6 Å². The van der Waals surface area contributed by atoms with Gasteiger partial charge in [-0.25, -0.2) is 8.42 Å². The Morgan fingerprint density at radius 2 is 1.88 bits per heavy atom. The molecule has 1 aromatic carbocycles. The van der Waals surface area contributed by atoms with Crippen molar-refractivity contribution < 1.29 is 13.2 Å². The van der Waals surface area contributed by atoms with Crippen LogP contribution >= 0.6 is 0 Å². The van der Waals surface area contributed by atoms with E-state index in [-0.39, 0.29) is 23.6 Å². The van der Waals surface area contributed by atoms with Crippen LogP contribution in [0, 0.1) is 5.92 Å². The number of benzene rings is 1. The molecule has 2 heterocycles. The van der Waals surface area contributed by atoms with Crippen LogP contribution < -0.4 is 0 Å². The molecule has 24 heavy (non-hydrogen) atoms. The average molecular weight is 350 g/mol. The van der Waals surface area contributed by atoms with E-state index in [2.05, 4.69) is 0 Å². The number of carbonyl (C=O) groups is 1. The Labute approximate surface area is 144 Å². The quantitative estimate of drug-likeness (QED) is 0.840. The molecule has 2 atom stereocenters. The van der Waals surface area contributed by atoms with Crippen molar-refractivity contribution >= 4 is 15.9 Å². The molecule has 0 spiro atoms. The minimum Gasteiger partial charge on any atom is -0.343 e. The molecule has 1 amide bonds. The average Bonchev–Trinajstić information content (AvgIpc) is 2.77. The van der Waals surface area contributed by atoms with E-state index in [1.807, 2.05) is 35.2 Å². The van der Waals surface area contributed by atoms with Gasteiger partial charge in [-0.3, -0.25) is 4.79 Å². The lowest BCUT2D eigenvalue weighted by Gasteiger charge is -2.41. The molecule has 0 aliphatic carbocycles. The number of amides is 1. The van der Waals surface area contributed by atoms with E-state index in [0.29, 0.717) is 19.6 Å². The first kappa shape index (κ1) is 17.4. The predicted molar refractivity (Wildman–Crippen MR) is 93.8 cm³/mol. The lowest BCUT2D eigenvalue weighted by Crippen LogP contribution is -2.53. The van der Waals surface area contributed by atoms with Gasteiger partial charge in [-0.1, -0.05) is 36.8 Å². The van der Waals surface area contributed by atoms with E-state index in [4.69, 9.17) is 0 Å². The lowest BCUT2D eigenvalue weighted by molar-refractivity contribution is -0.131. The number of sulfonamides is 1. The Morgan fingerprint density at radius 3 is 2.58 bits per heavy atom. The van der Waals surface area contributed by atoms with Crippen LogP contribution in [-0.4, -0.2) is 49.2 Å². The van der Waals surface area contributed by atoms with Gasteiger partial charge in [0.15, 0.2) is 0 Å². The first-order chi connectivity index (χ1) is 11.5. The topological polar surface area (TPSA) is 57.7 Å². The number of hydrogen-bond acceptors (Lipinski definition) is 3. The summed E-state index contributed by atoms with van der Waals surface area (Å²) >= 11 is 0. The Bertz CT molecular complexity index is 675. The van der Waals surface area contributed by atoms with Crippen LogP contribution in [0.4, 0.5) is 0 Å². The van der Waals surface area contributed by atoms with Gasteiger partial charge in [0.05, 0.1) is 5.75 Å². The van der Waals surface area contributed by atoms with Gasteiger partial charge >= 0.3 is 0 Å². The molecule has 0 saturated carbocycles. The van der Waals surface area contributed by atoms with Crippen molar-refractivity contribution in [2.24, 2.45) is 5.92 Å². The van der Waals surface area contributed by atoms with E-state index in [9.17, 15) is 13.2 Å². The molecule has 2 aliphatic rings. The van der Waals surface area contributed by atoms with Gasteiger partial charge in [0.2, 0.25) is 15.9 Å². The Hall–Kier alpha value is -1.40. The van der Waals surface area contributed by atoms with Gasteiger partial charge in [0.1, 0.15) is 0 Å². The fraction of sp³-hybridized carbons (Fsp3) is 0.611. The summed E-state index contributed by atoms with van der Waals surface area (Å²) in [4.78, 5) is 13.5.